The third-order valence-corrected chi connectivity index (χ3v) is 7.89. The van der Waals surface area contributed by atoms with Crippen molar-refractivity contribution in [3.63, 3.8) is 0 Å². The van der Waals surface area contributed by atoms with Crippen molar-refractivity contribution in [2.24, 2.45) is 0 Å². The smallest absolute Gasteiger partial charge is 0.326 e. The SMILES string of the molecule is Cc1cc2c(c(Cl)c1C(=O)N[C@@H](Cc1ccc(S(C)(=O)=O)o1)C(=O)O)CCN(C(=O)c1ccc(Cl)cc1)C2. The van der Waals surface area contributed by atoms with Crippen molar-refractivity contribution >= 4 is 50.8 Å². The van der Waals surface area contributed by atoms with E-state index in [9.17, 15) is 27.9 Å². The number of benzene rings is 2. The van der Waals surface area contributed by atoms with E-state index in [1.165, 1.54) is 12.1 Å². The minimum atomic E-state index is -3.60. The highest BCUT2D eigenvalue weighted by molar-refractivity contribution is 7.90. The van der Waals surface area contributed by atoms with E-state index in [0.717, 1.165) is 17.4 Å². The molecular weight excluding hydrogens is 555 g/mol. The van der Waals surface area contributed by atoms with E-state index in [1.807, 2.05) is 0 Å². The van der Waals surface area contributed by atoms with Crippen molar-refractivity contribution in [2.75, 3.05) is 12.8 Å². The van der Waals surface area contributed by atoms with Crippen molar-refractivity contribution in [3.05, 3.63) is 86.1 Å². The molecule has 9 nitrogen and oxygen atoms in total. The van der Waals surface area contributed by atoms with Crippen LogP contribution in [0.25, 0.3) is 0 Å². The van der Waals surface area contributed by atoms with Crippen LogP contribution in [0.5, 0.6) is 0 Å². The minimum absolute atomic E-state index is 0.0943. The highest BCUT2D eigenvalue weighted by Crippen LogP contribution is 2.32. The first-order valence-corrected chi connectivity index (χ1v) is 14.2. The number of hydrogen-bond donors (Lipinski definition) is 2. The molecule has 4 rings (SSSR count). The lowest BCUT2D eigenvalue weighted by atomic mass is 9.93. The zero-order valence-electron chi connectivity index (χ0n) is 20.5. The molecule has 0 saturated heterocycles. The average molecular weight is 579 g/mol. The molecule has 1 aliphatic heterocycles. The first-order chi connectivity index (χ1) is 17.8. The van der Waals surface area contributed by atoms with Gasteiger partial charge in [0.05, 0.1) is 10.6 Å². The summed E-state index contributed by atoms with van der Waals surface area (Å²) in [5.74, 6) is -2.06. The molecular formula is C26H24Cl2N2O7S. The van der Waals surface area contributed by atoms with Gasteiger partial charge in [-0.05, 0) is 66.4 Å². The quantitative estimate of drug-likeness (QED) is 0.433. The summed E-state index contributed by atoms with van der Waals surface area (Å²) in [7, 11) is -3.60. The largest absolute Gasteiger partial charge is 0.480 e. The fourth-order valence-corrected chi connectivity index (χ4v) is 5.50. The second-order valence-electron chi connectivity index (χ2n) is 9.07. The number of nitrogens with zero attached hydrogens (tertiary/aromatic N) is 1. The Balaban J connectivity index is 1.53. The summed E-state index contributed by atoms with van der Waals surface area (Å²) < 4.78 is 28.5. The van der Waals surface area contributed by atoms with Crippen LogP contribution in [0.4, 0.5) is 0 Å². The fourth-order valence-electron chi connectivity index (χ4n) is 4.35. The van der Waals surface area contributed by atoms with E-state index >= 15 is 0 Å². The molecule has 1 aliphatic rings. The summed E-state index contributed by atoms with van der Waals surface area (Å²) in [5.41, 5.74) is 2.70. The van der Waals surface area contributed by atoms with Crippen LogP contribution in [-0.4, -0.2) is 55.1 Å². The van der Waals surface area contributed by atoms with Crippen LogP contribution >= 0.6 is 23.2 Å². The number of hydrogen-bond acceptors (Lipinski definition) is 6. The maximum Gasteiger partial charge on any atom is 0.326 e. The Bertz CT molecular complexity index is 1530. The number of amides is 2. The van der Waals surface area contributed by atoms with E-state index in [2.05, 4.69) is 5.32 Å². The maximum absolute atomic E-state index is 13.2. The zero-order chi connectivity index (χ0) is 27.8. The third kappa shape index (κ3) is 5.87. The van der Waals surface area contributed by atoms with Gasteiger partial charge >= 0.3 is 5.97 Å². The highest BCUT2D eigenvalue weighted by atomic mass is 35.5. The van der Waals surface area contributed by atoms with Gasteiger partial charge in [0.25, 0.3) is 11.8 Å². The first kappa shape index (κ1) is 27.7. The zero-order valence-corrected chi connectivity index (χ0v) is 22.8. The molecule has 0 unspecified atom stereocenters. The topological polar surface area (TPSA) is 134 Å². The molecule has 3 aromatic rings. The fraction of sp³-hybridized carbons (Fsp3) is 0.269. The lowest BCUT2D eigenvalue weighted by molar-refractivity contribution is -0.139. The maximum atomic E-state index is 13.2. The van der Waals surface area contributed by atoms with Crippen molar-refractivity contribution in [1.82, 2.24) is 10.2 Å². The predicted molar refractivity (Wildman–Crippen MR) is 140 cm³/mol. The molecule has 1 atom stereocenters. The Kier molecular flexibility index (Phi) is 7.87. The molecule has 2 aromatic carbocycles. The van der Waals surface area contributed by atoms with Crippen molar-refractivity contribution in [2.45, 2.75) is 37.4 Å². The van der Waals surface area contributed by atoms with Crippen LogP contribution in [0.15, 0.2) is 52.0 Å². The molecule has 0 bridgehead atoms. The number of aryl methyl sites for hydroxylation is 1. The van der Waals surface area contributed by atoms with Crippen LogP contribution in [0.2, 0.25) is 10.0 Å². The van der Waals surface area contributed by atoms with Gasteiger partial charge < -0.3 is 19.7 Å². The Labute approximate surface area is 229 Å². The second kappa shape index (κ2) is 10.8. The Morgan fingerprint density at radius 1 is 1.13 bits per heavy atom. The number of furan rings is 1. The summed E-state index contributed by atoms with van der Waals surface area (Å²) in [6.07, 6.45) is 1.12. The van der Waals surface area contributed by atoms with Crippen molar-refractivity contribution < 1.29 is 32.3 Å². The van der Waals surface area contributed by atoms with Gasteiger partial charge in [-0.25, -0.2) is 13.2 Å². The number of nitrogens with one attached hydrogen (secondary N) is 1. The van der Waals surface area contributed by atoms with Gasteiger partial charge in [-0.15, -0.1) is 0 Å². The summed E-state index contributed by atoms with van der Waals surface area (Å²) in [6.45, 7) is 2.37. The normalized spacial score (nSPS) is 14.1. The molecule has 2 heterocycles. The number of fused-ring (bicyclic) bond motifs is 1. The molecule has 0 fully saturated rings. The van der Waals surface area contributed by atoms with Gasteiger partial charge in [-0.1, -0.05) is 29.3 Å². The summed E-state index contributed by atoms with van der Waals surface area (Å²) in [5, 5.41) is 12.6. The van der Waals surface area contributed by atoms with E-state index in [0.29, 0.717) is 35.7 Å². The molecule has 2 N–H and O–H groups in total. The van der Waals surface area contributed by atoms with Gasteiger partial charge in [-0.2, -0.15) is 0 Å². The van der Waals surface area contributed by atoms with E-state index in [4.69, 9.17) is 27.6 Å². The van der Waals surface area contributed by atoms with Crippen LogP contribution in [0, 0.1) is 6.92 Å². The number of halogens is 2. The number of carboxylic acid groups (broad SMARTS) is 1. The third-order valence-electron chi connectivity index (χ3n) is 6.27. The summed E-state index contributed by atoms with van der Waals surface area (Å²) >= 11 is 12.6. The van der Waals surface area contributed by atoms with Crippen LogP contribution < -0.4 is 5.32 Å². The average Bonchev–Trinajstić information content (AvgIpc) is 3.32. The highest BCUT2D eigenvalue weighted by Gasteiger charge is 2.29. The first-order valence-electron chi connectivity index (χ1n) is 11.5. The number of carboxylic acids is 1. The lowest BCUT2D eigenvalue weighted by Gasteiger charge is -2.31. The molecule has 1 aromatic heterocycles. The molecule has 12 heteroatoms. The predicted octanol–water partition coefficient (Wildman–Crippen LogP) is 3.92. The van der Waals surface area contributed by atoms with Crippen LogP contribution in [0.3, 0.4) is 0 Å². The minimum Gasteiger partial charge on any atom is -0.480 e. The molecule has 2 amide bonds. The van der Waals surface area contributed by atoms with E-state index in [-0.39, 0.29) is 33.8 Å². The Morgan fingerprint density at radius 3 is 2.42 bits per heavy atom. The van der Waals surface area contributed by atoms with Gasteiger partial charge in [0.2, 0.25) is 14.9 Å². The number of sulfone groups is 1. The molecule has 38 heavy (non-hydrogen) atoms. The Hall–Kier alpha value is -3.34. The molecule has 0 spiro atoms. The number of aliphatic carboxylic acids is 1. The van der Waals surface area contributed by atoms with Gasteiger partial charge in [0, 0.05) is 36.4 Å². The standard InChI is InChI=1S/C26H24Cl2N2O7S/c1-14-11-16-13-30(25(32)15-3-5-17(27)6-4-15)10-9-19(16)23(28)22(14)24(31)29-20(26(33)34)12-18-7-8-21(37-18)38(2,35)36/h3-8,11,20H,9-10,12-13H2,1-2H3,(H,29,31)(H,33,34)/t20-/m0/s1. The monoisotopic (exact) mass is 578 g/mol. The van der Waals surface area contributed by atoms with Crippen LogP contribution in [0.1, 0.15) is 43.2 Å². The molecule has 0 saturated carbocycles. The van der Waals surface area contributed by atoms with Crippen LogP contribution in [-0.2, 0) is 34.0 Å². The molecule has 200 valence electrons. The van der Waals surface area contributed by atoms with Crippen molar-refractivity contribution in [1.29, 1.82) is 0 Å². The molecule has 0 radical (unpaired) electrons. The van der Waals surface area contributed by atoms with Gasteiger partial charge in [0.1, 0.15) is 11.8 Å². The molecule has 0 aliphatic carbocycles. The van der Waals surface area contributed by atoms with E-state index in [1.54, 1.807) is 42.2 Å². The number of carbonyl (C=O) groups is 3. The van der Waals surface area contributed by atoms with Gasteiger partial charge in [-0.3, -0.25) is 9.59 Å². The number of rotatable bonds is 7. The van der Waals surface area contributed by atoms with Gasteiger partial charge in [0.15, 0.2) is 0 Å². The Morgan fingerprint density at radius 2 is 1.82 bits per heavy atom. The summed E-state index contributed by atoms with van der Waals surface area (Å²) in [6, 6.07) is 9.60. The second-order valence-corrected chi connectivity index (χ2v) is 11.8. The lowest BCUT2D eigenvalue weighted by Crippen LogP contribution is -2.43. The number of carbonyl (C=O) groups excluding carboxylic acids is 2. The van der Waals surface area contributed by atoms with Crippen molar-refractivity contribution in [3.8, 4) is 0 Å². The van der Waals surface area contributed by atoms with E-state index < -0.39 is 27.8 Å². The summed E-state index contributed by atoms with van der Waals surface area (Å²) in [4.78, 5) is 39.7.